The van der Waals surface area contributed by atoms with Gasteiger partial charge in [-0.3, -0.25) is 0 Å². The van der Waals surface area contributed by atoms with E-state index in [4.69, 9.17) is 0 Å². The Morgan fingerprint density at radius 1 is 1.46 bits per heavy atom. The first-order chi connectivity index (χ1) is 5.90. The highest BCUT2D eigenvalue weighted by Crippen LogP contribution is 2.26. The lowest BCUT2D eigenvalue weighted by Gasteiger charge is -2.06. The molecular weight excluding hydrogens is 182 g/mol. The van der Waals surface area contributed by atoms with Crippen LogP contribution in [0.15, 0.2) is 36.9 Å². The predicted octanol–water partition coefficient (Wildman–Crippen LogP) is 3.02. The maximum Gasteiger partial charge on any atom is 0.0375 e. The van der Waals surface area contributed by atoms with Crippen LogP contribution in [0, 0.1) is 0 Å². The first-order valence-electron chi connectivity index (χ1n) is 4.35. The van der Waals surface area contributed by atoms with Crippen molar-refractivity contribution < 1.29 is 0 Å². The minimum atomic E-state index is 0. The van der Waals surface area contributed by atoms with E-state index in [1.54, 1.807) is 0 Å². The van der Waals surface area contributed by atoms with Crippen LogP contribution in [-0.2, 0) is 6.42 Å². The summed E-state index contributed by atoms with van der Waals surface area (Å²) in [4.78, 5) is 0. The van der Waals surface area contributed by atoms with Crippen molar-refractivity contribution in [2.24, 2.45) is 0 Å². The number of halogens is 1. The molecule has 1 aromatic carbocycles. The summed E-state index contributed by atoms with van der Waals surface area (Å²) in [6.07, 6.45) is 4.17. The predicted molar refractivity (Wildman–Crippen MR) is 59.6 cm³/mol. The molecule has 0 aliphatic carbocycles. The number of anilines is 1. The quantitative estimate of drug-likeness (QED) is 0.716. The van der Waals surface area contributed by atoms with Gasteiger partial charge in [-0.1, -0.05) is 24.3 Å². The van der Waals surface area contributed by atoms with Gasteiger partial charge >= 0.3 is 0 Å². The second-order valence-electron chi connectivity index (χ2n) is 3.23. The molecule has 1 N–H and O–H groups in total. The molecule has 1 aliphatic heterocycles. The van der Waals surface area contributed by atoms with Crippen molar-refractivity contribution in [3.8, 4) is 0 Å². The molecule has 1 nitrogen and oxygen atoms in total. The van der Waals surface area contributed by atoms with Gasteiger partial charge in [-0.05, 0) is 24.5 Å². The van der Waals surface area contributed by atoms with Crippen LogP contribution in [0.2, 0.25) is 0 Å². The number of rotatable bonds is 2. The minimum Gasteiger partial charge on any atom is -0.381 e. The highest BCUT2D eigenvalue weighted by Gasteiger charge is 2.17. The summed E-state index contributed by atoms with van der Waals surface area (Å²) >= 11 is 0. The molecule has 1 aliphatic rings. The monoisotopic (exact) mass is 195 g/mol. The summed E-state index contributed by atoms with van der Waals surface area (Å²) in [7, 11) is 0. The Kier molecular flexibility index (Phi) is 3.38. The number of benzene rings is 1. The van der Waals surface area contributed by atoms with Crippen molar-refractivity contribution in [1.29, 1.82) is 0 Å². The standard InChI is InChI=1S/C11H13N.ClH/c1-2-5-10-8-9-6-3-4-7-11(9)12-10;/h2-4,6-7,10,12H,1,5,8H2;1H. The molecule has 1 unspecified atom stereocenters. The van der Waals surface area contributed by atoms with Crippen molar-refractivity contribution in [3.63, 3.8) is 0 Å². The Labute approximate surface area is 85.3 Å². The van der Waals surface area contributed by atoms with E-state index >= 15 is 0 Å². The van der Waals surface area contributed by atoms with Gasteiger partial charge in [-0.2, -0.15) is 0 Å². The molecule has 1 heterocycles. The largest absolute Gasteiger partial charge is 0.381 e. The molecule has 0 saturated heterocycles. The van der Waals surface area contributed by atoms with Gasteiger partial charge in [0.1, 0.15) is 0 Å². The molecule has 13 heavy (non-hydrogen) atoms. The number of nitrogens with one attached hydrogen (secondary N) is 1. The van der Waals surface area contributed by atoms with Crippen molar-refractivity contribution in [1.82, 2.24) is 0 Å². The molecule has 1 atom stereocenters. The van der Waals surface area contributed by atoms with E-state index in [9.17, 15) is 0 Å². The van der Waals surface area contributed by atoms with Crippen LogP contribution >= 0.6 is 12.4 Å². The second-order valence-corrected chi connectivity index (χ2v) is 3.23. The molecule has 0 radical (unpaired) electrons. The average Bonchev–Trinajstić information content (AvgIpc) is 2.47. The molecule has 0 bridgehead atoms. The molecular formula is C11H14ClN. The summed E-state index contributed by atoms with van der Waals surface area (Å²) in [5, 5.41) is 3.46. The van der Waals surface area contributed by atoms with E-state index in [0.29, 0.717) is 6.04 Å². The normalized spacial score (nSPS) is 18.3. The van der Waals surface area contributed by atoms with Crippen molar-refractivity contribution in [3.05, 3.63) is 42.5 Å². The fourth-order valence-corrected chi connectivity index (χ4v) is 1.72. The minimum absolute atomic E-state index is 0. The summed E-state index contributed by atoms with van der Waals surface area (Å²) in [5.41, 5.74) is 2.73. The Hall–Kier alpha value is -0.950. The summed E-state index contributed by atoms with van der Waals surface area (Å²) in [6.45, 7) is 3.75. The molecule has 0 fully saturated rings. The maximum atomic E-state index is 3.75. The molecule has 0 aromatic heterocycles. The van der Waals surface area contributed by atoms with E-state index in [0.717, 1.165) is 12.8 Å². The van der Waals surface area contributed by atoms with E-state index in [1.165, 1.54) is 11.3 Å². The van der Waals surface area contributed by atoms with Crippen LogP contribution in [0.5, 0.6) is 0 Å². The van der Waals surface area contributed by atoms with Crippen LogP contribution in [0.1, 0.15) is 12.0 Å². The van der Waals surface area contributed by atoms with Gasteiger partial charge in [-0.25, -0.2) is 0 Å². The molecule has 0 spiro atoms. The van der Waals surface area contributed by atoms with Gasteiger partial charge in [0.25, 0.3) is 0 Å². The lowest BCUT2D eigenvalue weighted by atomic mass is 10.1. The third kappa shape index (κ3) is 2.04. The summed E-state index contributed by atoms with van der Waals surface area (Å²) < 4.78 is 0. The van der Waals surface area contributed by atoms with Crippen LogP contribution in [0.3, 0.4) is 0 Å². The van der Waals surface area contributed by atoms with Crippen LogP contribution in [0.25, 0.3) is 0 Å². The Morgan fingerprint density at radius 2 is 2.23 bits per heavy atom. The first-order valence-corrected chi connectivity index (χ1v) is 4.35. The van der Waals surface area contributed by atoms with Gasteiger partial charge < -0.3 is 5.32 Å². The smallest absolute Gasteiger partial charge is 0.0375 e. The number of hydrogen-bond acceptors (Lipinski definition) is 1. The zero-order chi connectivity index (χ0) is 8.39. The topological polar surface area (TPSA) is 12.0 Å². The van der Waals surface area contributed by atoms with Crippen molar-refractivity contribution in [2.75, 3.05) is 5.32 Å². The Morgan fingerprint density at radius 3 is 2.92 bits per heavy atom. The zero-order valence-electron chi connectivity index (χ0n) is 7.49. The third-order valence-electron chi connectivity index (χ3n) is 2.29. The number of fused-ring (bicyclic) bond motifs is 1. The van der Waals surface area contributed by atoms with E-state index in [2.05, 4.69) is 36.2 Å². The van der Waals surface area contributed by atoms with Crippen molar-refractivity contribution in [2.45, 2.75) is 18.9 Å². The van der Waals surface area contributed by atoms with Crippen LogP contribution < -0.4 is 5.32 Å². The van der Waals surface area contributed by atoms with Gasteiger partial charge in [0, 0.05) is 11.7 Å². The summed E-state index contributed by atoms with van der Waals surface area (Å²) in [6, 6.07) is 9.06. The Bertz CT molecular complexity index is 271. The van der Waals surface area contributed by atoms with E-state index in [1.807, 2.05) is 6.08 Å². The average molecular weight is 196 g/mol. The molecule has 70 valence electrons. The highest BCUT2D eigenvalue weighted by molar-refractivity contribution is 5.85. The fraction of sp³-hybridized carbons (Fsp3) is 0.273. The molecule has 2 rings (SSSR count). The van der Waals surface area contributed by atoms with Gasteiger partial charge in [0.15, 0.2) is 0 Å². The second kappa shape index (κ2) is 4.33. The fourth-order valence-electron chi connectivity index (χ4n) is 1.72. The van der Waals surface area contributed by atoms with Gasteiger partial charge in [0.05, 0.1) is 0 Å². The third-order valence-corrected chi connectivity index (χ3v) is 2.29. The molecule has 0 saturated carbocycles. The highest BCUT2D eigenvalue weighted by atomic mass is 35.5. The lowest BCUT2D eigenvalue weighted by Crippen LogP contribution is -2.13. The Balaban J connectivity index is 0.000000845. The number of para-hydroxylation sites is 1. The van der Waals surface area contributed by atoms with Crippen LogP contribution in [-0.4, -0.2) is 6.04 Å². The van der Waals surface area contributed by atoms with E-state index < -0.39 is 0 Å². The number of hydrogen-bond donors (Lipinski definition) is 1. The molecule has 2 heteroatoms. The van der Waals surface area contributed by atoms with Crippen molar-refractivity contribution >= 4 is 18.1 Å². The van der Waals surface area contributed by atoms with Crippen LogP contribution in [0.4, 0.5) is 5.69 Å². The van der Waals surface area contributed by atoms with Gasteiger partial charge in [-0.15, -0.1) is 19.0 Å². The molecule has 1 aromatic rings. The SMILES string of the molecule is C=CCC1Cc2ccccc2N1.Cl. The first kappa shape index (κ1) is 10.1. The lowest BCUT2D eigenvalue weighted by molar-refractivity contribution is 0.766. The molecule has 0 amide bonds. The van der Waals surface area contributed by atoms with E-state index in [-0.39, 0.29) is 12.4 Å². The van der Waals surface area contributed by atoms with Gasteiger partial charge in [0.2, 0.25) is 0 Å². The maximum absolute atomic E-state index is 3.75. The zero-order valence-corrected chi connectivity index (χ0v) is 8.31. The summed E-state index contributed by atoms with van der Waals surface area (Å²) in [5.74, 6) is 0.